The average molecular weight is 231 g/mol. The Morgan fingerprint density at radius 1 is 1.38 bits per heavy atom. The number of carbonyl (C=O) groups excluding carboxylic acids is 2. The minimum Gasteiger partial charge on any atom is -0.481 e. The van der Waals surface area contributed by atoms with Gasteiger partial charge in [-0.3, -0.25) is 4.79 Å². The molecule has 6 nitrogen and oxygen atoms in total. The van der Waals surface area contributed by atoms with Gasteiger partial charge in [0.05, 0.1) is 12.5 Å². The summed E-state index contributed by atoms with van der Waals surface area (Å²) in [6.07, 6.45) is 1.57. The molecule has 0 aromatic heterocycles. The summed E-state index contributed by atoms with van der Waals surface area (Å²) in [6.45, 7) is 2.50. The van der Waals surface area contributed by atoms with E-state index in [1.54, 1.807) is 0 Å². The highest BCUT2D eigenvalue weighted by Gasteiger charge is 2.16. The molecule has 0 aliphatic heterocycles. The molecular weight excluding hydrogens is 216 g/mol. The van der Waals surface area contributed by atoms with Crippen molar-refractivity contribution in [2.75, 3.05) is 13.2 Å². The van der Waals surface area contributed by atoms with E-state index in [2.05, 4.69) is 9.47 Å². The Hall–Kier alpha value is -1.59. The van der Waals surface area contributed by atoms with E-state index >= 15 is 0 Å². The summed E-state index contributed by atoms with van der Waals surface area (Å²) >= 11 is 0. The molecule has 91 valence electrons. The van der Waals surface area contributed by atoms with Gasteiger partial charge < -0.3 is 14.6 Å². The monoisotopic (exact) mass is 231 g/mol. The molecule has 0 saturated carbocycles. The molecule has 0 heterocycles. The van der Waals surface area contributed by atoms with Crippen molar-refractivity contribution in [1.29, 1.82) is 0 Å². The van der Waals surface area contributed by atoms with E-state index in [0.29, 0.717) is 6.42 Å². The largest absolute Gasteiger partial charge is 0.481 e. The molecule has 0 bridgehead atoms. The Kier molecular flexibility index (Phi) is 7.83. The average Bonchev–Trinajstić information content (AvgIpc) is 2.25. The Bertz CT molecular complexity index is 237. The number of ether oxygens (including phenoxy) is 2. The van der Waals surface area contributed by atoms with Crippen molar-refractivity contribution in [3.8, 4) is 0 Å². The number of esters is 1. The van der Waals surface area contributed by atoms with Crippen LogP contribution < -0.4 is 0 Å². The summed E-state index contributed by atoms with van der Waals surface area (Å²) in [5, 5.41) is 8.79. The van der Waals surface area contributed by atoms with Crippen molar-refractivity contribution in [3.05, 3.63) is 0 Å². The fraction of sp³-hybridized carbons (Fsp3) is 0.700. The maximum absolute atomic E-state index is 10.8. The van der Waals surface area contributed by atoms with E-state index < -0.39 is 24.5 Å². The van der Waals surface area contributed by atoms with E-state index in [9.17, 15) is 14.4 Å². The van der Waals surface area contributed by atoms with Gasteiger partial charge in [-0.1, -0.05) is 13.3 Å². The van der Waals surface area contributed by atoms with E-state index in [1.807, 2.05) is 6.92 Å². The standard InChI is InChI=1S/C10H15O6/c1-2-3-8(10(13)14)4-5-16-9(12)6-15-7-11/h8H,2-6H2,1H3,(H,13,14). The predicted octanol–water partition coefficient (Wildman–Crippen LogP) is 0.504. The Morgan fingerprint density at radius 2 is 2.06 bits per heavy atom. The lowest BCUT2D eigenvalue weighted by atomic mass is 10.0. The maximum Gasteiger partial charge on any atom is 0.418 e. The lowest BCUT2D eigenvalue weighted by Gasteiger charge is -2.10. The smallest absolute Gasteiger partial charge is 0.418 e. The van der Waals surface area contributed by atoms with Crippen LogP contribution in [0.1, 0.15) is 26.2 Å². The van der Waals surface area contributed by atoms with Crippen LogP contribution in [0.5, 0.6) is 0 Å². The van der Waals surface area contributed by atoms with Crippen molar-refractivity contribution in [2.24, 2.45) is 5.92 Å². The minimum atomic E-state index is -0.893. The summed E-state index contributed by atoms with van der Waals surface area (Å²) in [5.74, 6) is -2.10. The maximum atomic E-state index is 10.8. The van der Waals surface area contributed by atoms with Crippen LogP contribution in [0.3, 0.4) is 0 Å². The lowest BCUT2D eigenvalue weighted by molar-refractivity contribution is -0.149. The first kappa shape index (κ1) is 14.4. The molecule has 0 amide bonds. The van der Waals surface area contributed by atoms with Gasteiger partial charge in [-0.2, -0.15) is 0 Å². The summed E-state index contributed by atoms with van der Waals surface area (Å²) < 4.78 is 8.72. The van der Waals surface area contributed by atoms with Crippen molar-refractivity contribution < 1.29 is 29.0 Å². The third kappa shape index (κ3) is 6.80. The van der Waals surface area contributed by atoms with Crippen LogP contribution in [-0.4, -0.2) is 36.7 Å². The van der Waals surface area contributed by atoms with Crippen molar-refractivity contribution >= 4 is 18.4 Å². The number of carbonyl (C=O) groups is 2. The fourth-order valence-electron chi connectivity index (χ4n) is 1.18. The molecule has 1 atom stereocenters. The zero-order valence-corrected chi connectivity index (χ0v) is 9.10. The van der Waals surface area contributed by atoms with Crippen LogP contribution in [-0.2, 0) is 23.9 Å². The second-order valence-electron chi connectivity index (χ2n) is 3.20. The number of aliphatic carboxylic acids is 1. The van der Waals surface area contributed by atoms with Crippen LogP contribution in [0, 0.1) is 5.92 Å². The number of hydrogen-bond donors (Lipinski definition) is 1. The van der Waals surface area contributed by atoms with Crippen LogP contribution in [0.15, 0.2) is 0 Å². The zero-order chi connectivity index (χ0) is 12.4. The van der Waals surface area contributed by atoms with Crippen LogP contribution in [0.4, 0.5) is 0 Å². The number of rotatable bonds is 9. The molecule has 0 aliphatic rings. The summed E-state index contributed by atoms with van der Waals surface area (Å²) in [6, 6.07) is 0. The molecule has 1 radical (unpaired) electrons. The van der Waals surface area contributed by atoms with Gasteiger partial charge in [0.2, 0.25) is 0 Å². The molecule has 6 heteroatoms. The molecule has 16 heavy (non-hydrogen) atoms. The van der Waals surface area contributed by atoms with E-state index in [-0.39, 0.29) is 13.0 Å². The number of carboxylic acids is 1. The van der Waals surface area contributed by atoms with Crippen molar-refractivity contribution in [2.45, 2.75) is 26.2 Å². The molecule has 0 fully saturated rings. The molecule has 0 spiro atoms. The Morgan fingerprint density at radius 3 is 2.56 bits per heavy atom. The summed E-state index contributed by atoms with van der Waals surface area (Å²) in [7, 11) is 0. The first-order chi connectivity index (χ1) is 7.61. The SMILES string of the molecule is CCCC(CCOC(=O)CO[C]=O)C(=O)O. The lowest BCUT2D eigenvalue weighted by Crippen LogP contribution is -2.19. The van der Waals surface area contributed by atoms with E-state index in [4.69, 9.17) is 5.11 Å². The number of hydrogen-bond acceptors (Lipinski definition) is 5. The molecule has 1 N–H and O–H groups in total. The highest BCUT2D eigenvalue weighted by atomic mass is 16.6. The second kappa shape index (κ2) is 8.70. The Labute approximate surface area is 93.5 Å². The van der Waals surface area contributed by atoms with Crippen LogP contribution >= 0.6 is 0 Å². The molecule has 1 unspecified atom stereocenters. The fourth-order valence-corrected chi connectivity index (χ4v) is 1.18. The van der Waals surface area contributed by atoms with Crippen molar-refractivity contribution in [3.63, 3.8) is 0 Å². The van der Waals surface area contributed by atoms with E-state index in [0.717, 1.165) is 12.9 Å². The molecule has 0 rings (SSSR count). The first-order valence-electron chi connectivity index (χ1n) is 4.99. The van der Waals surface area contributed by atoms with Gasteiger partial charge in [0.1, 0.15) is 0 Å². The quantitative estimate of drug-likeness (QED) is 0.581. The van der Waals surface area contributed by atoms with Gasteiger partial charge >= 0.3 is 18.4 Å². The van der Waals surface area contributed by atoms with Crippen molar-refractivity contribution in [1.82, 2.24) is 0 Å². The molecule has 0 aromatic rings. The van der Waals surface area contributed by atoms with Gasteiger partial charge in [-0.15, -0.1) is 0 Å². The summed E-state index contributed by atoms with van der Waals surface area (Å²) in [5.41, 5.74) is 0. The van der Waals surface area contributed by atoms with Crippen LogP contribution in [0.25, 0.3) is 0 Å². The molecule has 0 saturated heterocycles. The third-order valence-electron chi connectivity index (χ3n) is 1.96. The van der Waals surface area contributed by atoms with Gasteiger partial charge in [-0.25, -0.2) is 9.59 Å². The highest BCUT2D eigenvalue weighted by molar-refractivity contribution is 5.72. The third-order valence-corrected chi connectivity index (χ3v) is 1.96. The topological polar surface area (TPSA) is 89.9 Å². The molecule has 0 aliphatic carbocycles. The van der Waals surface area contributed by atoms with Crippen LogP contribution in [0.2, 0.25) is 0 Å². The predicted molar refractivity (Wildman–Crippen MR) is 53.3 cm³/mol. The Balaban J connectivity index is 3.72. The zero-order valence-electron chi connectivity index (χ0n) is 9.10. The highest BCUT2D eigenvalue weighted by Crippen LogP contribution is 2.11. The van der Waals surface area contributed by atoms with E-state index in [1.165, 1.54) is 0 Å². The summed E-state index contributed by atoms with van der Waals surface area (Å²) in [4.78, 5) is 31.2. The van der Waals surface area contributed by atoms with Gasteiger partial charge in [0.15, 0.2) is 6.61 Å². The molecule has 0 aromatic carbocycles. The second-order valence-corrected chi connectivity index (χ2v) is 3.20. The number of carboxylic acid groups (broad SMARTS) is 1. The van der Waals surface area contributed by atoms with Gasteiger partial charge in [-0.05, 0) is 12.8 Å². The molecular formula is C10H15O6. The first-order valence-corrected chi connectivity index (χ1v) is 4.99. The normalized spacial score (nSPS) is 11.6. The minimum absolute atomic E-state index is 0.0119. The van der Waals surface area contributed by atoms with Gasteiger partial charge in [0, 0.05) is 0 Å². The van der Waals surface area contributed by atoms with Gasteiger partial charge in [0.25, 0.3) is 0 Å².